The van der Waals surface area contributed by atoms with Crippen molar-refractivity contribution in [3.05, 3.63) is 60.9 Å². The van der Waals surface area contributed by atoms with Gasteiger partial charge in [0.1, 0.15) is 0 Å². The molecular weight excluding hydrogens is 747 g/mol. The van der Waals surface area contributed by atoms with Crippen LogP contribution >= 0.6 is 59.4 Å². The molecule has 4 rings (SSSR count). The minimum atomic E-state index is -0.938. The number of alkyl halides is 1. The lowest BCUT2D eigenvalue weighted by Crippen LogP contribution is -2.32. The molecule has 0 amide bonds. The predicted octanol–water partition coefficient (Wildman–Crippen LogP) is 6.97. The number of hydrogen-bond donors (Lipinski definition) is 4. The van der Waals surface area contributed by atoms with E-state index >= 15 is 0 Å². The van der Waals surface area contributed by atoms with Crippen molar-refractivity contribution >= 4 is 77.0 Å². The zero-order valence-corrected chi connectivity index (χ0v) is 28.9. The summed E-state index contributed by atoms with van der Waals surface area (Å²) < 4.78 is 2.25. The second-order valence-corrected chi connectivity index (χ2v) is 13.0. The Morgan fingerprint density at radius 2 is 1.37 bits per heavy atom. The summed E-state index contributed by atoms with van der Waals surface area (Å²) in [5.74, 6) is -0.110. The standard InChI is InChI=1S/C12H14BrNO3.C7H4Br2O2.C6H11Cl.C4H11NO/c13-9-4-8(12(16)17)5-11(6-9)14-3-1-2-10(14)7-15;8-5-1-4(7(10)11)2-6(9)3-5;7-5-6-3-1-2-4-6;1-5(2)3-4-6/h4-6,10,15H,1-3,7H2,(H,16,17);1-3H,(H,10,11);6H,1-5H2;6H,3-4H2,1-2H3/t10-;;;/m1.../s1. The molecule has 8 nitrogen and oxygen atoms in total. The number of aliphatic hydroxyl groups is 2. The number of carbonyl (C=O) groups is 2. The summed E-state index contributed by atoms with van der Waals surface area (Å²) in [4.78, 5) is 25.4. The minimum absolute atomic E-state index is 0.103. The second-order valence-electron chi connectivity index (χ2n) is 9.97. The fraction of sp³-hybridized carbons (Fsp3) is 0.517. The summed E-state index contributed by atoms with van der Waals surface area (Å²) in [6.45, 7) is 1.99. The SMILES string of the molecule is CN(C)CCO.ClCC1CCCC1.O=C(O)c1cc(Br)cc(Br)c1.O=C(O)c1cc(Br)cc(N2CCC[C@@H]2CO)c1. The minimum Gasteiger partial charge on any atom is -0.478 e. The maximum atomic E-state index is 11.0. The van der Waals surface area contributed by atoms with Crippen LogP contribution in [-0.4, -0.2) is 89.6 Å². The quantitative estimate of drug-likeness (QED) is 0.222. The molecule has 230 valence electrons. The normalized spacial score (nSPS) is 16.2. The molecule has 1 saturated carbocycles. The lowest BCUT2D eigenvalue weighted by molar-refractivity contribution is 0.0686. The number of rotatable bonds is 7. The number of hydrogen-bond acceptors (Lipinski definition) is 6. The van der Waals surface area contributed by atoms with Crippen molar-refractivity contribution in [3.63, 3.8) is 0 Å². The predicted molar refractivity (Wildman–Crippen MR) is 176 cm³/mol. The molecule has 0 bridgehead atoms. The molecule has 1 atom stereocenters. The fourth-order valence-corrected chi connectivity index (χ4v) is 6.35. The van der Waals surface area contributed by atoms with Gasteiger partial charge >= 0.3 is 11.9 Å². The Bertz CT molecular complexity index is 1070. The molecule has 2 aromatic rings. The van der Waals surface area contributed by atoms with Gasteiger partial charge in [-0.15, -0.1) is 11.6 Å². The average Bonchev–Trinajstić information content (AvgIpc) is 3.61. The third-order valence-corrected chi connectivity index (χ3v) is 8.21. The van der Waals surface area contributed by atoms with Crippen molar-refractivity contribution < 1.29 is 30.0 Å². The van der Waals surface area contributed by atoms with E-state index in [-0.39, 0.29) is 30.4 Å². The Morgan fingerprint density at radius 1 is 0.854 bits per heavy atom. The molecule has 0 unspecified atom stereocenters. The number of halogens is 4. The molecule has 1 aliphatic carbocycles. The highest BCUT2D eigenvalue weighted by Crippen LogP contribution is 2.29. The Balaban J connectivity index is 0.000000300. The van der Waals surface area contributed by atoms with Crippen molar-refractivity contribution in [2.75, 3.05) is 51.2 Å². The molecule has 41 heavy (non-hydrogen) atoms. The van der Waals surface area contributed by atoms with Crippen LogP contribution in [0.5, 0.6) is 0 Å². The van der Waals surface area contributed by atoms with Crippen LogP contribution in [-0.2, 0) is 0 Å². The van der Waals surface area contributed by atoms with Gasteiger partial charge in [-0.3, -0.25) is 0 Å². The number of benzene rings is 2. The Labute approximate surface area is 273 Å². The van der Waals surface area contributed by atoms with Crippen LogP contribution in [0.4, 0.5) is 5.69 Å². The summed E-state index contributed by atoms with van der Waals surface area (Å²) in [6, 6.07) is 10.1. The van der Waals surface area contributed by atoms with Crippen LogP contribution < -0.4 is 4.90 Å². The Hall–Kier alpha value is -1.21. The van der Waals surface area contributed by atoms with Crippen molar-refractivity contribution in [2.45, 2.75) is 44.6 Å². The molecule has 1 heterocycles. The van der Waals surface area contributed by atoms with Crippen molar-refractivity contribution in [1.82, 2.24) is 4.90 Å². The molecule has 2 fully saturated rings. The topological polar surface area (TPSA) is 122 Å². The maximum Gasteiger partial charge on any atom is 0.335 e. The third kappa shape index (κ3) is 15.2. The lowest BCUT2D eigenvalue weighted by atomic mass is 10.1. The monoisotopic (exact) mass is 784 g/mol. The highest BCUT2D eigenvalue weighted by atomic mass is 79.9. The van der Waals surface area contributed by atoms with Gasteiger partial charge in [-0.2, -0.15) is 0 Å². The van der Waals surface area contributed by atoms with E-state index in [0.717, 1.165) is 56.8 Å². The molecule has 1 aliphatic heterocycles. The molecule has 0 spiro atoms. The van der Waals surface area contributed by atoms with E-state index in [4.69, 9.17) is 26.9 Å². The maximum absolute atomic E-state index is 11.0. The van der Waals surface area contributed by atoms with E-state index < -0.39 is 11.9 Å². The highest BCUT2D eigenvalue weighted by molar-refractivity contribution is 9.11. The van der Waals surface area contributed by atoms with Gasteiger partial charge in [0.15, 0.2) is 0 Å². The third-order valence-electron chi connectivity index (χ3n) is 6.40. The number of anilines is 1. The molecule has 0 radical (unpaired) electrons. The summed E-state index contributed by atoms with van der Waals surface area (Å²) in [5.41, 5.74) is 1.39. The van der Waals surface area contributed by atoms with Crippen LogP contribution in [0.2, 0.25) is 0 Å². The van der Waals surface area contributed by atoms with Gasteiger partial charge in [0.25, 0.3) is 0 Å². The van der Waals surface area contributed by atoms with E-state index in [1.807, 2.05) is 25.1 Å². The van der Waals surface area contributed by atoms with Gasteiger partial charge in [0.05, 0.1) is 30.4 Å². The average molecular weight is 788 g/mol. The number of nitrogens with zero attached hydrogens (tertiary/aromatic N) is 2. The lowest BCUT2D eigenvalue weighted by Gasteiger charge is -2.25. The fourth-order valence-electron chi connectivity index (χ4n) is 4.27. The summed E-state index contributed by atoms with van der Waals surface area (Å²) in [5, 5.41) is 35.1. The first-order valence-electron chi connectivity index (χ1n) is 13.3. The van der Waals surface area contributed by atoms with Crippen LogP contribution in [0.1, 0.15) is 59.2 Å². The van der Waals surface area contributed by atoms with E-state index in [2.05, 4.69) is 52.7 Å². The zero-order valence-electron chi connectivity index (χ0n) is 23.4. The van der Waals surface area contributed by atoms with E-state index in [1.54, 1.807) is 30.3 Å². The molecule has 1 saturated heterocycles. The van der Waals surface area contributed by atoms with Crippen LogP contribution in [0.25, 0.3) is 0 Å². The van der Waals surface area contributed by atoms with Gasteiger partial charge in [-0.05, 0) is 82.1 Å². The van der Waals surface area contributed by atoms with Gasteiger partial charge in [-0.25, -0.2) is 9.59 Å². The largest absolute Gasteiger partial charge is 0.478 e. The number of aromatic carboxylic acids is 2. The zero-order chi connectivity index (χ0) is 30.9. The molecule has 4 N–H and O–H groups in total. The van der Waals surface area contributed by atoms with Crippen molar-refractivity contribution in [2.24, 2.45) is 5.92 Å². The summed E-state index contributed by atoms with van der Waals surface area (Å²) in [7, 11) is 3.85. The van der Waals surface area contributed by atoms with E-state index in [9.17, 15) is 14.7 Å². The number of carboxylic acid groups (broad SMARTS) is 2. The molecule has 2 aromatic carbocycles. The Morgan fingerprint density at radius 3 is 1.76 bits per heavy atom. The van der Waals surface area contributed by atoms with Crippen molar-refractivity contribution in [1.29, 1.82) is 0 Å². The summed E-state index contributed by atoms with van der Waals surface area (Å²) in [6.07, 6.45) is 7.56. The molecule has 12 heteroatoms. The first-order valence-corrected chi connectivity index (χ1v) is 16.2. The Kier molecular flexibility index (Phi) is 19.0. The van der Waals surface area contributed by atoms with Crippen LogP contribution in [0.15, 0.2) is 49.8 Å². The number of aliphatic hydroxyl groups excluding tert-OH is 2. The smallest absolute Gasteiger partial charge is 0.335 e. The molecule has 2 aliphatic rings. The first kappa shape index (κ1) is 37.8. The number of likely N-dealkylation sites (N-methyl/N-ethyl adjacent to an activating group) is 1. The summed E-state index contributed by atoms with van der Waals surface area (Å²) >= 11 is 15.3. The number of carboxylic acids is 2. The highest BCUT2D eigenvalue weighted by Gasteiger charge is 2.24. The van der Waals surface area contributed by atoms with E-state index in [1.165, 1.54) is 25.7 Å². The van der Waals surface area contributed by atoms with Crippen LogP contribution in [0.3, 0.4) is 0 Å². The van der Waals surface area contributed by atoms with Gasteiger partial charge < -0.3 is 30.2 Å². The molecular formula is C29H40Br3ClN2O6. The van der Waals surface area contributed by atoms with Gasteiger partial charge in [0.2, 0.25) is 0 Å². The van der Waals surface area contributed by atoms with E-state index in [0.29, 0.717) is 0 Å². The van der Waals surface area contributed by atoms with Crippen molar-refractivity contribution in [3.8, 4) is 0 Å². The van der Waals surface area contributed by atoms with Crippen LogP contribution in [0, 0.1) is 5.92 Å². The van der Waals surface area contributed by atoms with Gasteiger partial charge in [0, 0.05) is 38.1 Å². The second kappa shape index (κ2) is 20.7. The molecule has 0 aromatic heterocycles. The van der Waals surface area contributed by atoms with Gasteiger partial charge in [-0.1, -0.05) is 60.6 Å². The first-order chi connectivity index (χ1) is 19.4.